The summed E-state index contributed by atoms with van der Waals surface area (Å²) in [5.41, 5.74) is 5.27. The smallest absolute Gasteiger partial charge is 0.108 e. The van der Waals surface area contributed by atoms with Gasteiger partial charge in [-0.1, -0.05) is 0 Å². The molecule has 78 valence electrons. The number of pyridine rings is 2. The van der Waals surface area contributed by atoms with E-state index in [1.807, 2.05) is 26.0 Å². The van der Waals surface area contributed by atoms with Gasteiger partial charge in [0.1, 0.15) is 11.0 Å². The molecule has 3 aromatic heterocycles. The minimum atomic E-state index is 0.823. The van der Waals surface area contributed by atoms with Crippen molar-refractivity contribution < 1.29 is 0 Å². The summed E-state index contributed by atoms with van der Waals surface area (Å²) in [7, 11) is 0. The van der Waals surface area contributed by atoms with Crippen LogP contribution < -0.4 is 0 Å². The van der Waals surface area contributed by atoms with Crippen LogP contribution in [0.15, 0.2) is 24.5 Å². The summed E-state index contributed by atoms with van der Waals surface area (Å²) >= 11 is 0. The van der Waals surface area contributed by atoms with Crippen molar-refractivity contribution in [3.63, 3.8) is 0 Å². The standard InChI is InChI=1S/C12H10N4/c1-7-3-9-11(5-13-7)16-10-4-8(2)14-6-12(10)15-9/h3-6H,1-2H3. The highest BCUT2D eigenvalue weighted by atomic mass is 14.9. The molecule has 3 heterocycles. The molecule has 0 aliphatic carbocycles. The van der Waals surface area contributed by atoms with Crippen LogP contribution in [0.1, 0.15) is 11.4 Å². The summed E-state index contributed by atoms with van der Waals surface area (Å²) in [5.74, 6) is 0. The molecule has 0 N–H and O–H groups in total. The Morgan fingerprint density at radius 2 is 1.12 bits per heavy atom. The van der Waals surface area contributed by atoms with Gasteiger partial charge in [-0.2, -0.15) is 0 Å². The Morgan fingerprint density at radius 1 is 0.688 bits per heavy atom. The number of rotatable bonds is 0. The van der Waals surface area contributed by atoms with E-state index in [1.54, 1.807) is 12.4 Å². The van der Waals surface area contributed by atoms with Crippen molar-refractivity contribution in [2.45, 2.75) is 13.8 Å². The number of aromatic nitrogens is 4. The Balaban J connectivity index is 2.44. The Hall–Kier alpha value is -2.10. The van der Waals surface area contributed by atoms with Crippen LogP contribution in [0.4, 0.5) is 0 Å². The van der Waals surface area contributed by atoms with E-state index >= 15 is 0 Å². The molecule has 0 saturated carbocycles. The second kappa shape index (κ2) is 3.20. The molecule has 0 radical (unpaired) electrons. The van der Waals surface area contributed by atoms with Crippen molar-refractivity contribution >= 4 is 22.1 Å². The van der Waals surface area contributed by atoms with E-state index in [0.29, 0.717) is 0 Å². The number of hydrogen-bond donors (Lipinski definition) is 0. The first-order valence-electron chi connectivity index (χ1n) is 5.09. The Morgan fingerprint density at radius 3 is 1.56 bits per heavy atom. The van der Waals surface area contributed by atoms with Crippen molar-refractivity contribution in [3.05, 3.63) is 35.9 Å². The lowest BCUT2D eigenvalue weighted by Crippen LogP contribution is -1.92. The molecule has 0 aromatic carbocycles. The molecule has 3 rings (SSSR count). The molecule has 0 bridgehead atoms. The van der Waals surface area contributed by atoms with Crippen LogP contribution >= 0.6 is 0 Å². The predicted molar refractivity (Wildman–Crippen MR) is 62.1 cm³/mol. The van der Waals surface area contributed by atoms with Crippen LogP contribution in [0.3, 0.4) is 0 Å². The number of aryl methyl sites for hydroxylation is 2. The molecule has 4 nitrogen and oxygen atoms in total. The molecule has 0 unspecified atom stereocenters. The lowest BCUT2D eigenvalue weighted by Gasteiger charge is -2.01. The summed E-state index contributed by atoms with van der Waals surface area (Å²) in [6.07, 6.45) is 3.51. The molecule has 0 aliphatic heterocycles. The van der Waals surface area contributed by atoms with Gasteiger partial charge in [-0.05, 0) is 26.0 Å². The van der Waals surface area contributed by atoms with Gasteiger partial charge in [0, 0.05) is 11.4 Å². The highest BCUT2D eigenvalue weighted by Crippen LogP contribution is 2.15. The topological polar surface area (TPSA) is 51.6 Å². The van der Waals surface area contributed by atoms with Crippen LogP contribution in [0.25, 0.3) is 22.1 Å². The zero-order valence-corrected chi connectivity index (χ0v) is 9.10. The fourth-order valence-electron chi connectivity index (χ4n) is 1.69. The van der Waals surface area contributed by atoms with Crippen LogP contribution in [0, 0.1) is 13.8 Å². The summed E-state index contributed by atoms with van der Waals surface area (Å²) < 4.78 is 0. The zero-order valence-electron chi connectivity index (χ0n) is 9.10. The first-order valence-corrected chi connectivity index (χ1v) is 5.09. The van der Waals surface area contributed by atoms with Gasteiger partial charge >= 0.3 is 0 Å². The molecule has 0 fully saturated rings. The van der Waals surface area contributed by atoms with Gasteiger partial charge in [0.2, 0.25) is 0 Å². The average Bonchev–Trinajstić information content (AvgIpc) is 2.26. The summed E-state index contributed by atoms with van der Waals surface area (Å²) in [6.45, 7) is 3.89. The summed E-state index contributed by atoms with van der Waals surface area (Å²) in [5, 5.41) is 0. The molecule has 0 aliphatic rings. The SMILES string of the molecule is Cc1cc2nc3cnc(C)cc3nc2cn1. The maximum absolute atomic E-state index is 4.51. The molecule has 3 aromatic rings. The zero-order chi connectivity index (χ0) is 11.1. The quantitative estimate of drug-likeness (QED) is 0.534. The van der Waals surface area contributed by atoms with E-state index in [-0.39, 0.29) is 0 Å². The fraction of sp³-hybridized carbons (Fsp3) is 0.167. The molecule has 0 saturated heterocycles. The predicted octanol–water partition coefficient (Wildman–Crippen LogP) is 2.19. The first-order chi connectivity index (χ1) is 7.72. The number of fused-ring (bicyclic) bond motifs is 2. The third-order valence-corrected chi connectivity index (χ3v) is 2.48. The minimum absolute atomic E-state index is 0.823. The van der Waals surface area contributed by atoms with E-state index in [9.17, 15) is 0 Å². The van der Waals surface area contributed by atoms with E-state index in [0.717, 1.165) is 33.5 Å². The second-order valence-corrected chi connectivity index (χ2v) is 3.85. The average molecular weight is 210 g/mol. The van der Waals surface area contributed by atoms with Crippen LogP contribution in [-0.4, -0.2) is 19.9 Å². The Bertz CT molecular complexity index is 629. The van der Waals surface area contributed by atoms with Crippen LogP contribution in [0.2, 0.25) is 0 Å². The minimum Gasteiger partial charge on any atom is -0.259 e. The van der Waals surface area contributed by atoms with Crippen molar-refractivity contribution in [1.29, 1.82) is 0 Å². The highest BCUT2D eigenvalue weighted by Gasteiger charge is 2.02. The third-order valence-electron chi connectivity index (χ3n) is 2.48. The van der Waals surface area contributed by atoms with Crippen molar-refractivity contribution in [1.82, 2.24) is 19.9 Å². The van der Waals surface area contributed by atoms with Gasteiger partial charge in [-0.15, -0.1) is 0 Å². The molecule has 4 heteroatoms. The van der Waals surface area contributed by atoms with Gasteiger partial charge in [0.05, 0.1) is 23.4 Å². The summed E-state index contributed by atoms with van der Waals surface area (Å²) in [4.78, 5) is 17.5. The first kappa shape index (κ1) is 9.15. The third kappa shape index (κ3) is 1.39. The van der Waals surface area contributed by atoms with E-state index < -0.39 is 0 Å². The van der Waals surface area contributed by atoms with Crippen LogP contribution in [-0.2, 0) is 0 Å². The van der Waals surface area contributed by atoms with Crippen molar-refractivity contribution in [2.24, 2.45) is 0 Å². The largest absolute Gasteiger partial charge is 0.259 e. The maximum Gasteiger partial charge on any atom is 0.108 e. The monoisotopic (exact) mass is 210 g/mol. The lowest BCUT2D eigenvalue weighted by atomic mass is 10.3. The molecule has 0 spiro atoms. The number of hydrogen-bond acceptors (Lipinski definition) is 4. The lowest BCUT2D eigenvalue weighted by molar-refractivity contribution is 1.18. The molecular weight excluding hydrogens is 200 g/mol. The maximum atomic E-state index is 4.51. The molecular formula is C12H10N4. The van der Waals surface area contributed by atoms with E-state index in [2.05, 4.69) is 19.9 Å². The Kier molecular flexibility index (Phi) is 1.83. The van der Waals surface area contributed by atoms with Crippen molar-refractivity contribution in [3.8, 4) is 0 Å². The Labute approximate surface area is 92.4 Å². The fourth-order valence-corrected chi connectivity index (χ4v) is 1.69. The highest BCUT2D eigenvalue weighted by molar-refractivity contribution is 5.85. The van der Waals surface area contributed by atoms with Gasteiger partial charge < -0.3 is 0 Å². The van der Waals surface area contributed by atoms with Crippen LogP contribution in [0.5, 0.6) is 0 Å². The van der Waals surface area contributed by atoms with E-state index in [1.165, 1.54) is 0 Å². The van der Waals surface area contributed by atoms with Gasteiger partial charge in [0.15, 0.2) is 0 Å². The van der Waals surface area contributed by atoms with Gasteiger partial charge in [0.25, 0.3) is 0 Å². The molecule has 16 heavy (non-hydrogen) atoms. The molecule has 0 atom stereocenters. The second-order valence-electron chi connectivity index (χ2n) is 3.85. The van der Waals surface area contributed by atoms with Gasteiger partial charge in [-0.3, -0.25) is 9.97 Å². The summed E-state index contributed by atoms with van der Waals surface area (Å²) in [6, 6.07) is 3.86. The molecule has 0 amide bonds. The van der Waals surface area contributed by atoms with E-state index in [4.69, 9.17) is 0 Å². The van der Waals surface area contributed by atoms with Crippen molar-refractivity contribution in [2.75, 3.05) is 0 Å². The number of nitrogens with zero attached hydrogens (tertiary/aromatic N) is 4. The normalized spacial score (nSPS) is 11.1. The van der Waals surface area contributed by atoms with Gasteiger partial charge in [-0.25, -0.2) is 9.97 Å².